The van der Waals surface area contributed by atoms with E-state index < -0.39 is 0 Å². The van der Waals surface area contributed by atoms with Crippen LogP contribution < -0.4 is 0 Å². The molecule has 4 aromatic carbocycles. The third kappa shape index (κ3) is 8.06. The van der Waals surface area contributed by atoms with E-state index in [1.165, 1.54) is 38.6 Å². The normalized spacial score (nSPS) is 12.0. The highest BCUT2D eigenvalue weighted by Crippen LogP contribution is 2.31. The molecule has 0 fully saturated rings. The first-order valence-electron chi connectivity index (χ1n) is 15.7. The Morgan fingerprint density at radius 2 is 1.16 bits per heavy atom. The summed E-state index contributed by atoms with van der Waals surface area (Å²) >= 11 is 2.33. The van der Waals surface area contributed by atoms with Crippen molar-refractivity contribution in [3.8, 4) is 11.3 Å². The van der Waals surface area contributed by atoms with Crippen molar-refractivity contribution in [1.82, 2.24) is 29.1 Å². The number of benzene rings is 4. The number of pyridine rings is 2. The molecule has 4 heterocycles. The SMILES string of the molecule is C[C@H](c1ccc(F)cc1)n1ccnc1.C[C@H](c1ccc(F)cc1)n1cncc1-c1cccc2cnccc12.Ic1cccc2cnccc12. The Bertz CT molecular complexity index is 2240. The van der Waals surface area contributed by atoms with Gasteiger partial charge in [0.15, 0.2) is 0 Å². The van der Waals surface area contributed by atoms with Crippen LogP contribution >= 0.6 is 22.6 Å². The van der Waals surface area contributed by atoms with Crippen LogP contribution in [0.1, 0.15) is 37.1 Å². The standard InChI is InChI=1S/C20H16FN3.C11H11FN2.C9H6IN/c1-14(15-5-7-17(21)8-6-15)24-13-23-12-20(24)19-4-2-3-16-11-22-10-9-18(16)19;1-9(14-7-6-13-8-14)10-2-4-11(12)5-3-10;10-9-3-1-2-7-6-11-5-4-8(7)9/h2-14H,1H3;2-9H,1H3;1-6H/t14-;9-;/m11./s1. The monoisotopic (exact) mass is 762 g/mol. The van der Waals surface area contributed by atoms with E-state index in [1.807, 2.05) is 78.3 Å². The summed E-state index contributed by atoms with van der Waals surface area (Å²) in [6.45, 7) is 4.14. The van der Waals surface area contributed by atoms with Gasteiger partial charge in [-0.1, -0.05) is 54.6 Å². The average molecular weight is 763 g/mol. The maximum Gasteiger partial charge on any atom is 0.123 e. The topological polar surface area (TPSA) is 61.4 Å². The molecule has 0 saturated heterocycles. The zero-order valence-electron chi connectivity index (χ0n) is 26.9. The highest BCUT2D eigenvalue weighted by atomic mass is 127. The molecular weight excluding hydrogens is 729 g/mol. The summed E-state index contributed by atoms with van der Waals surface area (Å²) in [7, 11) is 0. The van der Waals surface area contributed by atoms with E-state index in [-0.39, 0.29) is 23.7 Å². The second-order valence-corrected chi connectivity index (χ2v) is 12.6. The van der Waals surface area contributed by atoms with Gasteiger partial charge in [-0.25, -0.2) is 18.7 Å². The number of aromatic nitrogens is 6. The van der Waals surface area contributed by atoms with Crippen molar-refractivity contribution in [2.75, 3.05) is 0 Å². The van der Waals surface area contributed by atoms with E-state index in [2.05, 4.69) is 85.2 Å². The summed E-state index contributed by atoms with van der Waals surface area (Å²) in [6.07, 6.45) is 16.5. The van der Waals surface area contributed by atoms with Crippen molar-refractivity contribution in [1.29, 1.82) is 0 Å². The molecule has 0 amide bonds. The minimum Gasteiger partial charge on any atom is -0.330 e. The Morgan fingerprint density at radius 3 is 1.78 bits per heavy atom. The van der Waals surface area contributed by atoms with Crippen molar-refractivity contribution < 1.29 is 8.78 Å². The van der Waals surface area contributed by atoms with E-state index in [4.69, 9.17) is 0 Å². The van der Waals surface area contributed by atoms with Crippen molar-refractivity contribution in [2.24, 2.45) is 0 Å². The van der Waals surface area contributed by atoms with Crippen molar-refractivity contribution >= 4 is 44.1 Å². The number of nitrogens with zero attached hydrogens (tertiary/aromatic N) is 6. The van der Waals surface area contributed by atoms with Gasteiger partial charge in [0.2, 0.25) is 0 Å². The molecule has 8 aromatic rings. The van der Waals surface area contributed by atoms with Gasteiger partial charge < -0.3 is 9.13 Å². The van der Waals surface area contributed by atoms with Gasteiger partial charge in [-0.2, -0.15) is 0 Å². The highest BCUT2D eigenvalue weighted by molar-refractivity contribution is 14.1. The first kappa shape index (κ1) is 33.6. The van der Waals surface area contributed by atoms with Crippen LogP contribution in [0.25, 0.3) is 32.8 Å². The summed E-state index contributed by atoms with van der Waals surface area (Å²) in [6, 6.07) is 29.8. The molecule has 8 rings (SSSR count). The molecule has 0 aliphatic heterocycles. The predicted octanol–water partition coefficient (Wildman–Crippen LogP) is 10.3. The molecule has 0 aliphatic carbocycles. The fraction of sp³-hybridized carbons (Fsp3) is 0.100. The Kier molecular flexibility index (Phi) is 10.8. The Morgan fingerprint density at radius 1 is 0.571 bits per heavy atom. The van der Waals surface area contributed by atoms with Gasteiger partial charge in [0.25, 0.3) is 0 Å². The fourth-order valence-corrected chi connectivity index (χ4v) is 6.26. The summed E-state index contributed by atoms with van der Waals surface area (Å²) in [5.74, 6) is -0.426. The first-order valence-corrected chi connectivity index (χ1v) is 16.8. The lowest BCUT2D eigenvalue weighted by atomic mass is 10.0. The fourth-order valence-electron chi connectivity index (χ4n) is 5.56. The largest absolute Gasteiger partial charge is 0.330 e. The average Bonchev–Trinajstić information content (AvgIpc) is 3.86. The van der Waals surface area contributed by atoms with Crippen LogP contribution in [0.3, 0.4) is 0 Å². The van der Waals surface area contributed by atoms with Crippen molar-refractivity contribution in [2.45, 2.75) is 25.9 Å². The second kappa shape index (κ2) is 15.7. The van der Waals surface area contributed by atoms with E-state index >= 15 is 0 Å². The molecule has 2 atom stereocenters. The summed E-state index contributed by atoms with van der Waals surface area (Å²) in [5.41, 5.74) is 4.26. The molecule has 4 aromatic heterocycles. The van der Waals surface area contributed by atoms with Crippen molar-refractivity contribution in [3.05, 3.63) is 179 Å². The number of rotatable bonds is 5. The third-order valence-electron chi connectivity index (χ3n) is 8.34. The molecule has 0 radical (unpaired) electrons. The molecule has 0 spiro atoms. The molecule has 0 unspecified atom stereocenters. The first-order chi connectivity index (χ1) is 23.9. The van der Waals surface area contributed by atoms with Gasteiger partial charge in [-0.15, -0.1) is 0 Å². The Balaban J connectivity index is 0.000000141. The van der Waals surface area contributed by atoms with Crippen molar-refractivity contribution in [3.63, 3.8) is 0 Å². The number of hydrogen-bond acceptors (Lipinski definition) is 4. The lowest BCUT2D eigenvalue weighted by Gasteiger charge is -2.18. The number of hydrogen-bond donors (Lipinski definition) is 0. The van der Waals surface area contributed by atoms with Gasteiger partial charge in [0.05, 0.1) is 36.6 Å². The zero-order chi connectivity index (χ0) is 34.2. The van der Waals surface area contributed by atoms with Gasteiger partial charge >= 0.3 is 0 Å². The lowest BCUT2D eigenvalue weighted by molar-refractivity contribution is 0.615. The van der Waals surface area contributed by atoms with Crippen LogP contribution in [0.4, 0.5) is 8.78 Å². The smallest absolute Gasteiger partial charge is 0.123 e. The molecule has 0 saturated carbocycles. The van der Waals surface area contributed by atoms with Crippen LogP contribution in [0, 0.1) is 15.2 Å². The Labute approximate surface area is 297 Å². The van der Waals surface area contributed by atoms with Gasteiger partial charge in [0, 0.05) is 57.1 Å². The van der Waals surface area contributed by atoms with Crippen LogP contribution in [-0.2, 0) is 0 Å². The second-order valence-electron chi connectivity index (χ2n) is 11.4. The van der Waals surface area contributed by atoms with Crippen LogP contribution in [-0.4, -0.2) is 29.1 Å². The zero-order valence-corrected chi connectivity index (χ0v) is 29.1. The Hall–Kier alpha value is -5.29. The van der Waals surface area contributed by atoms with E-state index in [0.717, 1.165) is 33.2 Å². The van der Waals surface area contributed by atoms with Gasteiger partial charge in [-0.3, -0.25) is 9.97 Å². The minimum absolute atomic E-state index is 0.0557. The molecule has 0 bridgehead atoms. The van der Waals surface area contributed by atoms with Crippen LogP contribution in [0.15, 0.2) is 153 Å². The third-order valence-corrected chi connectivity index (χ3v) is 9.29. The molecular formula is C40H33F2IN6. The lowest BCUT2D eigenvalue weighted by Crippen LogP contribution is -2.07. The molecule has 9 heteroatoms. The number of halogens is 3. The van der Waals surface area contributed by atoms with Crippen LogP contribution in [0.5, 0.6) is 0 Å². The highest BCUT2D eigenvalue weighted by Gasteiger charge is 2.15. The summed E-state index contributed by atoms with van der Waals surface area (Å²) in [4.78, 5) is 16.6. The number of fused-ring (bicyclic) bond motifs is 2. The van der Waals surface area contributed by atoms with Gasteiger partial charge in [0.1, 0.15) is 11.6 Å². The van der Waals surface area contributed by atoms with Crippen LogP contribution in [0.2, 0.25) is 0 Å². The van der Waals surface area contributed by atoms with E-state index in [0.29, 0.717) is 0 Å². The number of imidazole rings is 2. The molecule has 6 nitrogen and oxygen atoms in total. The summed E-state index contributed by atoms with van der Waals surface area (Å²) in [5, 5.41) is 4.72. The minimum atomic E-state index is -0.224. The molecule has 0 N–H and O–H groups in total. The maximum absolute atomic E-state index is 13.2. The maximum atomic E-state index is 13.2. The predicted molar refractivity (Wildman–Crippen MR) is 200 cm³/mol. The van der Waals surface area contributed by atoms with Gasteiger partial charge in [-0.05, 0) is 101 Å². The summed E-state index contributed by atoms with van der Waals surface area (Å²) < 4.78 is 31.2. The van der Waals surface area contributed by atoms with E-state index in [9.17, 15) is 8.78 Å². The molecule has 49 heavy (non-hydrogen) atoms. The molecule has 244 valence electrons. The van der Waals surface area contributed by atoms with E-state index in [1.54, 1.807) is 30.9 Å². The quantitative estimate of drug-likeness (QED) is 0.164. The molecule has 0 aliphatic rings.